The molecule has 3 N–H and O–H groups in total. The highest BCUT2D eigenvalue weighted by Gasteiger charge is 2.18. The molecular weight excluding hydrogens is 971 g/mol. The number of hydrogen-bond donors (Lipinski definition) is 3. The van der Waals surface area contributed by atoms with Crippen LogP contribution in [0.2, 0.25) is 0 Å². The molecule has 0 aliphatic carbocycles. The van der Waals surface area contributed by atoms with E-state index in [9.17, 15) is 19.8 Å². The average molecular weight is 1110 g/mol. The van der Waals surface area contributed by atoms with E-state index in [0.717, 1.165) is 51.4 Å². The molecule has 0 saturated carbocycles. The standard InChI is InChI=1S/C73H139NO5/c1-3-5-7-9-11-13-15-17-19-20-21-22-23-24-25-28-31-34-38-41-45-49-53-57-61-65-71(76)70(69-75)74-72(77)66-62-58-54-50-46-42-39-35-32-29-26-27-30-33-36-40-44-48-52-56-60-64-68-79-73(78)67-63-59-55-51-47-43-37-18-16-14-12-10-8-6-4-2/h18,29,32,37,61,65,70-71,75-76H,3-17,19-28,30-31,33-36,38-60,62-64,66-69H2,1-2H3,(H,74,77)/b32-29-,37-18-,65-61+. The summed E-state index contributed by atoms with van der Waals surface area (Å²) in [6, 6.07) is -0.635. The molecule has 0 saturated heterocycles. The van der Waals surface area contributed by atoms with Crippen LogP contribution < -0.4 is 5.32 Å². The first kappa shape index (κ1) is 77.1. The van der Waals surface area contributed by atoms with Crippen LogP contribution in [0.1, 0.15) is 393 Å². The number of ether oxygens (including phenoxy) is 1. The summed E-state index contributed by atoms with van der Waals surface area (Å²) in [5, 5.41) is 23.3. The summed E-state index contributed by atoms with van der Waals surface area (Å²) in [5.41, 5.74) is 0. The van der Waals surface area contributed by atoms with Gasteiger partial charge >= 0.3 is 5.97 Å². The van der Waals surface area contributed by atoms with Crippen molar-refractivity contribution >= 4 is 11.9 Å². The lowest BCUT2D eigenvalue weighted by atomic mass is 10.0. The van der Waals surface area contributed by atoms with Crippen LogP contribution in [0, 0.1) is 0 Å². The molecule has 79 heavy (non-hydrogen) atoms. The number of rotatable bonds is 67. The first-order valence-corrected chi connectivity index (χ1v) is 35.8. The zero-order valence-electron chi connectivity index (χ0n) is 53.4. The molecule has 6 nitrogen and oxygen atoms in total. The Morgan fingerprint density at radius 3 is 0.899 bits per heavy atom. The quantitative estimate of drug-likeness (QED) is 0.0320. The summed E-state index contributed by atoms with van der Waals surface area (Å²) in [6.45, 7) is 4.92. The lowest BCUT2D eigenvalue weighted by Gasteiger charge is -2.20. The largest absolute Gasteiger partial charge is 0.466 e. The normalized spacial score (nSPS) is 12.7. The molecule has 1 amide bonds. The number of carbonyl (C=O) groups is 2. The van der Waals surface area contributed by atoms with Crippen molar-refractivity contribution in [3.8, 4) is 0 Å². The first-order chi connectivity index (χ1) is 39.0. The summed E-state index contributed by atoms with van der Waals surface area (Å²) in [5.74, 6) is -0.0690. The van der Waals surface area contributed by atoms with Gasteiger partial charge in [-0.3, -0.25) is 9.59 Å². The summed E-state index contributed by atoms with van der Waals surface area (Å²) in [6.07, 6.45) is 87.9. The number of hydrogen-bond acceptors (Lipinski definition) is 5. The Morgan fingerprint density at radius 2 is 0.595 bits per heavy atom. The van der Waals surface area contributed by atoms with Crippen LogP contribution in [0.25, 0.3) is 0 Å². The molecule has 0 rings (SSSR count). The van der Waals surface area contributed by atoms with Gasteiger partial charge < -0.3 is 20.3 Å². The first-order valence-electron chi connectivity index (χ1n) is 35.8. The third-order valence-electron chi connectivity index (χ3n) is 16.6. The molecule has 0 radical (unpaired) electrons. The van der Waals surface area contributed by atoms with E-state index < -0.39 is 12.1 Å². The molecule has 0 aromatic carbocycles. The van der Waals surface area contributed by atoms with E-state index in [2.05, 4.69) is 43.5 Å². The molecule has 0 spiro atoms. The predicted molar refractivity (Wildman–Crippen MR) is 347 cm³/mol. The minimum Gasteiger partial charge on any atom is -0.466 e. The minimum atomic E-state index is -0.851. The van der Waals surface area contributed by atoms with Crippen molar-refractivity contribution in [3.05, 3.63) is 36.5 Å². The van der Waals surface area contributed by atoms with Gasteiger partial charge in [0.25, 0.3) is 0 Å². The summed E-state index contributed by atoms with van der Waals surface area (Å²) in [7, 11) is 0. The number of esters is 1. The van der Waals surface area contributed by atoms with Gasteiger partial charge in [-0.15, -0.1) is 0 Å². The van der Waals surface area contributed by atoms with Crippen molar-refractivity contribution in [2.24, 2.45) is 0 Å². The highest BCUT2D eigenvalue weighted by Crippen LogP contribution is 2.18. The Morgan fingerprint density at radius 1 is 0.342 bits per heavy atom. The van der Waals surface area contributed by atoms with Gasteiger partial charge in [0.15, 0.2) is 0 Å². The van der Waals surface area contributed by atoms with Crippen LogP contribution in [0.4, 0.5) is 0 Å². The second kappa shape index (κ2) is 68.6. The average Bonchev–Trinajstić information content (AvgIpc) is 3.45. The van der Waals surface area contributed by atoms with E-state index in [0.29, 0.717) is 19.4 Å². The van der Waals surface area contributed by atoms with Crippen molar-refractivity contribution in [3.63, 3.8) is 0 Å². The van der Waals surface area contributed by atoms with Gasteiger partial charge in [-0.2, -0.15) is 0 Å². The Labute approximate surface area is 494 Å². The summed E-state index contributed by atoms with van der Waals surface area (Å²) in [4.78, 5) is 24.6. The summed E-state index contributed by atoms with van der Waals surface area (Å²) >= 11 is 0. The fraction of sp³-hybridized carbons (Fsp3) is 0.890. The molecule has 0 fully saturated rings. The van der Waals surface area contributed by atoms with E-state index in [1.807, 2.05) is 6.08 Å². The van der Waals surface area contributed by atoms with Crippen molar-refractivity contribution in [1.82, 2.24) is 5.32 Å². The molecule has 0 heterocycles. The fourth-order valence-electron chi connectivity index (χ4n) is 11.2. The van der Waals surface area contributed by atoms with Gasteiger partial charge in [-0.1, -0.05) is 333 Å². The van der Waals surface area contributed by atoms with Crippen molar-refractivity contribution in [1.29, 1.82) is 0 Å². The molecule has 0 aromatic rings. The fourth-order valence-corrected chi connectivity index (χ4v) is 11.2. The van der Waals surface area contributed by atoms with Gasteiger partial charge in [0.2, 0.25) is 5.91 Å². The van der Waals surface area contributed by atoms with Crippen LogP contribution in [0.3, 0.4) is 0 Å². The zero-order chi connectivity index (χ0) is 57.1. The number of nitrogens with one attached hydrogen (secondary N) is 1. The van der Waals surface area contributed by atoms with E-state index in [1.54, 1.807) is 6.08 Å². The lowest BCUT2D eigenvalue weighted by Crippen LogP contribution is -2.45. The maximum Gasteiger partial charge on any atom is 0.305 e. The Balaban J connectivity index is 3.44. The molecule has 0 aliphatic rings. The topological polar surface area (TPSA) is 95.9 Å². The predicted octanol–water partition coefficient (Wildman–Crippen LogP) is 23.1. The van der Waals surface area contributed by atoms with Crippen LogP contribution in [-0.2, 0) is 14.3 Å². The number of unbranched alkanes of at least 4 members (excludes halogenated alkanes) is 52. The second-order valence-corrected chi connectivity index (χ2v) is 24.6. The van der Waals surface area contributed by atoms with Gasteiger partial charge in [0.05, 0.1) is 25.4 Å². The van der Waals surface area contributed by atoms with Crippen molar-refractivity contribution < 1.29 is 24.5 Å². The number of aliphatic hydroxyl groups excluding tert-OH is 2. The maximum atomic E-state index is 12.5. The highest BCUT2D eigenvalue weighted by atomic mass is 16.5. The zero-order valence-corrected chi connectivity index (χ0v) is 53.4. The number of aliphatic hydroxyl groups is 2. The van der Waals surface area contributed by atoms with Crippen LogP contribution in [0.15, 0.2) is 36.5 Å². The SMILES string of the molecule is CCCCCCCC/C=C\CCCCCCCC(=O)OCCCCCCCCCCCCC/C=C\CCCCCCCCCC(=O)NC(CO)C(O)/C=C/CCCCCCCCCCCCCCCCCCCCCCCCC. The molecule has 6 heteroatoms. The molecule has 0 bridgehead atoms. The highest BCUT2D eigenvalue weighted by molar-refractivity contribution is 5.76. The monoisotopic (exact) mass is 1110 g/mol. The smallest absolute Gasteiger partial charge is 0.305 e. The van der Waals surface area contributed by atoms with E-state index in [-0.39, 0.29) is 18.5 Å². The van der Waals surface area contributed by atoms with Gasteiger partial charge in [0.1, 0.15) is 0 Å². The van der Waals surface area contributed by atoms with E-state index in [4.69, 9.17) is 4.74 Å². The van der Waals surface area contributed by atoms with Crippen molar-refractivity contribution in [2.45, 2.75) is 405 Å². The van der Waals surface area contributed by atoms with Crippen molar-refractivity contribution in [2.75, 3.05) is 13.2 Å². The number of amides is 1. The molecule has 2 unspecified atom stereocenters. The van der Waals surface area contributed by atoms with Gasteiger partial charge in [-0.05, 0) is 83.5 Å². The number of allylic oxidation sites excluding steroid dienone is 5. The van der Waals surface area contributed by atoms with Crippen LogP contribution in [0.5, 0.6) is 0 Å². The Hall–Kier alpha value is -1.92. The maximum absolute atomic E-state index is 12.5. The molecular formula is C73H139NO5. The third-order valence-corrected chi connectivity index (χ3v) is 16.6. The Bertz CT molecular complexity index is 1280. The molecule has 0 aromatic heterocycles. The van der Waals surface area contributed by atoms with Crippen LogP contribution >= 0.6 is 0 Å². The van der Waals surface area contributed by atoms with Gasteiger partial charge in [0, 0.05) is 12.8 Å². The van der Waals surface area contributed by atoms with Gasteiger partial charge in [-0.25, -0.2) is 0 Å². The molecule has 2 atom stereocenters. The lowest BCUT2D eigenvalue weighted by molar-refractivity contribution is -0.143. The van der Waals surface area contributed by atoms with E-state index in [1.165, 1.54) is 315 Å². The number of carbonyl (C=O) groups excluding carboxylic acids is 2. The molecule has 466 valence electrons. The third kappa shape index (κ3) is 65.1. The minimum absolute atomic E-state index is 0.00209. The summed E-state index contributed by atoms with van der Waals surface area (Å²) < 4.78 is 5.49. The molecule has 0 aliphatic heterocycles. The van der Waals surface area contributed by atoms with E-state index >= 15 is 0 Å². The van der Waals surface area contributed by atoms with Crippen LogP contribution in [-0.4, -0.2) is 47.4 Å². The second-order valence-electron chi connectivity index (χ2n) is 24.6. The Kier molecular flexibility index (Phi) is 66.9.